The number of benzene rings is 2. The molecule has 2 heterocycles. The van der Waals surface area contributed by atoms with Gasteiger partial charge in [0.05, 0.1) is 10.8 Å². The van der Waals surface area contributed by atoms with Gasteiger partial charge in [0.25, 0.3) is 0 Å². The van der Waals surface area contributed by atoms with E-state index in [0.29, 0.717) is 13.2 Å². The van der Waals surface area contributed by atoms with Crippen LogP contribution >= 0.6 is 0 Å². The van der Waals surface area contributed by atoms with E-state index in [0.717, 1.165) is 33.9 Å². The van der Waals surface area contributed by atoms with Gasteiger partial charge in [0.1, 0.15) is 30.1 Å². The van der Waals surface area contributed by atoms with Crippen molar-refractivity contribution in [3.8, 4) is 17.0 Å². The third-order valence-corrected chi connectivity index (χ3v) is 6.78. The normalized spacial score (nSPS) is 13.3. The molecule has 8 nitrogen and oxygen atoms in total. The van der Waals surface area contributed by atoms with Crippen LogP contribution in [-0.2, 0) is 4.79 Å². The monoisotopic (exact) mass is 486 g/mol. The Morgan fingerprint density at radius 1 is 1.08 bits per heavy atom. The number of carbonyl (C=O) groups is 1. The minimum atomic E-state index is -0.624. The van der Waals surface area contributed by atoms with E-state index >= 15 is 0 Å². The number of aromatic nitrogens is 3. The van der Waals surface area contributed by atoms with Gasteiger partial charge in [0.2, 0.25) is 5.91 Å². The van der Waals surface area contributed by atoms with E-state index in [9.17, 15) is 4.79 Å². The highest BCUT2D eigenvalue weighted by Gasteiger charge is 2.31. The number of aromatic amines is 1. The Bertz CT molecular complexity index is 1300. The zero-order valence-corrected chi connectivity index (χ0v) is 21.2. The second-order valence-corrected chi connectivity index (χ2v) is 9.58. The van der Waals surface area contributed by atoms with Gasteiger partial charge in [-0.25, -0.2) is 9.97 Å². The molecule has 0 saturated carbocycles. The molecule has 5 N–H and O–H groups in total. The van der Waals surface area contributed by atoms with Gasteiger partial charge in [-0.1, -0.05) is 30.3 Å². The SMILES string of the molecule is CC(NCCOc1ccc(-c2cc3c(N[C@H](C)c4ccccc4)ncnc3[nH]2)cc1)C(C)(C)C(N)=O. The highest BCUT2D eigenvalue weighted by Crippen LogP contribution is 2.29. The third kappa shape index (κ3) is 5.66. The standard InChI is InChI=1S/C28H34N6O2/c1-18(20-8-6-5-7-9-20)33-25-23-16-24(34-26(23)32-17-31-25)21-10-12-22(13-11-21)36-15-14-30-19(2)28(3,4)27(29)35/h5-13,16-19,30H,14-15H2,1-4H3,(H2,29,35)(H2,31,32,33,34)/t18-,19?/m1/s1. The van der Waals surface area contributed by atoms with Crippen molar-refractivity contribution in [1.29, 1.82) is 0 Å². The quantitative estimate of drug-likeness (QED) is 0.229. The minimum absolute atomic E-state index is 0.0545. The molecule has 0 saturated heterocycles. The van der Waals surface area contributed by atoms with Crippen LogP contribution in [0.5, 0.6) is 5.75 Å². The van der Waals surface area contributed by atoms with Crippen LogP contribution in [0, 0.1) is 5.41 Å². The Kier molecular flexibility index (Phi) is 7.55. The lowest BCUT2D eigenvalue weighted by molar-refractivity contribution is -0.127. The first-order valence-electron chi connectivity index (χ1n) is 12.2. The fourth-order valence-electron chi connectivity index (χ4n) is 3.88. The maximum absolute atomic E-state index is 11.6. The number of nitrogens with one attached hydrogen (secondary N) is 3. The molecule has 0 aliphatic heterocycles. The lowest BCUT2D eigenvalue weighted by Crippen LogP contribution is -2.48. The molecule has 2 atom stereocenters. The number of nitrogens with zero attached hydrogens (tertiary/aromatic N) is 2. The number of ether oxygens (including phenoxy) is 1. The summed E-state index contributed by atoms with van der Waals surface area (Å²) in [6.45, 7) is 8.83. The average Bonchev–Trinajstić information content (AvgIpc) is 3.32. The number of nitrogens with two attached hydrogens (primary N) is 1. The number of amides is 1. The molecule has 0 bridgehead atoms. The topological polar surface area (TPSA) is 118 Å². The summed E-state index contributed by atoms with van der Waals surface area (Å²) in [5.41, 5.74) is 8.81. The van der Waals surface area contributed by atoms with Crippen molar-refractivity contribution >= 4 is 22.8 Å². The smallest absolute Gasteiger partial charge is 0.224 e. The van der Waals surface area contributed by atoms with Gasteiger partial charge in [0.15, 0.2) is 0 Å². The number of hydrogen-bond donors (Lipinski definition) is 4. The van der Waals surface area contributed by atoms with Crippen LogP contribution in [0.25, 0.3) is 22.3 Å². The van der Waals surface area contributed by atoms with E-state index < -0.39 is 5.41 Å². The largest absolute Gasteiger partial charge is 0.492 e. The summed E-state index contributed by atoms with van der Waals surface area (Å²) in [6, 6.07) is 20.3. The Morgan fingerprint density at radius 3 is 2.50 bits per heavy atom. The molecule has 1 amide bonds. The van der Waals surface area contributed by atoms with Gasteiger partial charge in [0, 0.05) is 24.3 Å². The van der Waals surface area contributed by atoms with Crippen molar-refractivity contribution in [1.82, 2.24) is 20.3 Å². The van der Waals surface area contributed by atoms with E-state index in [1.54, 1.807) is 6.33 Å². The fraction of sp³-hybridized carbons (Fsp3) is 0.321. The maximum atomic E-state index is 11.6. The summed E-state index contributed by atoms with van der Waals surface area (Å²) in [5.74, 6) is 1.24. The summed E-state index contributed by atoms with van der Waals surface area (Å²) in [4.78, 5) is 23.9. The van der Waals surface area contributed by atoms with Crippen LogP contribution in [0.15, 0.2) is 67.0 Å². The molecule has 0 radical (unpaired) electrons. The molecule has 2 aromatic carbocycles. The summed E-state index contributed by atoms with van der Waals surface area (Å²) in [7, 11) is 0. The number of H-pyrrole nitrogens is 1. The molecule has 188 valence electrons. The molecule has 0 aliphatic carbocycles. The van der Waals surface area contributed by atoms with E-state index in [2.05, 4.69) is 50.7 Å². The molecule has 0 spiro atoms. The average molecular weight is 487 g/mol. The van der Waals surface area contributed by atoms with Crippen LogP contribution in [0.4, 0.5) is 5.82 Å². The lowest BCUT2D eigenvalue weighted by atomic mass is 9.85. The second-order valence-electron chi connectivity index (χ2n) is 9.58. The Labute approximate surface area is 211 Å². The second kappa shape index (κ2) is 10.8. The molecule has 8 heteroatoms. The van der Waals surface area contributed by atoms with E-state index in [-0.39, 0.29) is 18.0 Å². The molecule has 1 unspecified atom stereocenters. The first-order valence-corrected chi connectivity index (χ1v) is 12.2. The number of anilines is 1. The fourth-order valence-corrected chi connectivity index (χ4v) is 3.88. The van der Waals surface area contributed by atoms with Gasteiger partial charge >= 0.3 is 0 Å². The Hall–Kier alpha value is -3.91. The van der Waals surface area contributed by atoms with Gasteiger partial charge in [-0.3, -0.25) is 4.79 Å². The van der Waals surface area contributed by atoms with Crippen LogP contribution < -0.4 is 21.1 Å². The van der Waals surface area contributed by atoms with Crippen molar-refractivity contribution in [3.63, 3.8) is 0 Å². The number of hydrogen-bond acceptors (Lipinski definition) is 6. The zero-order valence-electron chi connectivity index (χ0n) is 21.2. The zero-order chi connectivity index (χ0) is 25.7. The van der Waals surface area contributed by atoms with E-state index in [4.69, 9.17) is 10.5 Å². The molecular formula is C28H34N6O2. The van der Waals surface area contributed by atoms with Crippen LogP contribution in [0.2, 0.25) is 0 Å². The molecule has 2 aromatic heterocycles. The van der Waals surface area contributed by atoms with E-state index in [1.165, 1.54) is 5.56 Å². The van der Waals surface area contributed by atoms with Gasteiger partial charge in [-0.2, -0.15) is 0 Å². The van der Waals surface area contributed by atoms with Crippen molar-refractivity contribution in [3.05, 3.63) is 72.6 Å². The maximum Gasteiger partial charge on any atom is 0.224 e. The van der Waals surface area contributed by atoms with Crippen molar-refractivity contribution in [2.24, 2.45) is 11.1 Å². The van der Waals surface area contributed by atoms with Gasteiger partial charge in [-0.05, 0) is 69.2 Å². The first kappa shape index (κ1) is 25.2. The van der Waals surface area contributed by atoms with Crippen LogP contribution in [0.3, 0.4) is 0 Å². The van der Waals surface area contributed by atoms with Gasteiger partial charge in [-0.15, -0.1) is 0 Å². The van der Waals surface area contributed by atoms with Crippen molar-refractivity contribution < 1.29 is 9.53 Å². The number of carbonyl (C=O) groups excluding carboxylic acids is 1. The molecule has 36 heavy (non-hydrogen) atoms. The highest BCUT2D eigenvalue weighted by molar-refractivity contribution is 5.91. The predicted molar refractivity (Wildman–Crippen MR) is 144 cm³/mol. The number of fused-ring (bicyclic) bond motifs is 1. The molecule has 4 aromatic rings. The highest BCUT2D eigenvalue weighted by atomic mass is 16.5. The minimum Gasteiger partial charge on any atom is -0.492 e. The van der Waals surface area contributed by atoms with Crippen LogP contribution in [0.1, 0.15) is 39.3 Å². The lowest BCUT2D eigenvalue weighted by Gasteiger charge is -2.29. The Balaban J connectivity index is 1.38. The number of rotatable bonds is 11. The first-order chi connectivity index (χ1) is 17.3. The molecule has 0 fully saturated rings. The summed E-state index contributed by atoms with van der Waals surface area (Å²) in [6.07, 6.45) is 1.57. The van der Waals surface area contributed by atoms with Crippen molar-refractivity contribution in [2.45, 2.75) is 39.8 Å². The summed E-state index contributed by atoms with van der Waals surface area (Å²) >= 11 is 0. The van der Waals surface area contributed by atoms with Crippen LogP contribution in [-0.4, -0.2) is 40.1 Å². The summed E-state index contributed by atoms with van der Waals surface area (Å²) < 4.78 is 5.86. The molecule has 0 aliphatic rings. The molecule has 4 rings (SSSR count). The number of primary amides is 1. The third-order valence-electron chi connectivity index (χ3n) is 6.78. The van der Waals surface area contributed by atoms with Gasteiger partial charge < -0.3 is 26.1 Å². The predicted octanol–water partition coefficient (Wildman–Crippen LogP) is 4.67. The summed E-state index contributed by atoms with van der Waals surface area (Å²) in [5, 5.41) is 7.75. The molecular weight excluding hydrogens is 452 g/mol. The Morgan fingerprint density at radius 2 is 1.81 bits per heavy atom. The van der Waals surface area contributed by atoms with Crippen molar-refractivity contribution in [2.75, 3.05) is 18.5 Å². The van der Waals surface area contributed by atoms with E-state index in [1.807, 2.05) is 63.2 Å².